The number of hydrogen-bond donors (Lipinski definition) is 0. The van der Waals surface area contributed by atoms with Crippen LogP contribution in [0.4, 0.5) is 0 Å². The summed E-state index contributed by atoms with van der Waals surface area (Å²) < 4.78 is 5.45. The standard InChI is InChI=1S/C13H25NO/c1-10(2)7-12-5-6-13(8-15-9-13)14(12)11(3)4/h10-12H,5-9H2,1-4H3. The molecule has 2 heteroatoms. The average molecular weight is 211 g/mol. The first kappa shape index (κ1) is 11.4. The highest BCUT2D eigenvalue weighted by molar-refractivity contribution is 5.05. The van der Waals surface area contributed by atoms with Crippen molar-refractivity contribution in [2.45, 2.75) is 64.6 Å². The van der Waals surface area contributed by atoms with Crippen LogP contribution in [-0.4, -0.2) is 35.7 Å². The minimum absolute atomic E-state index is 0.424. The Kier molecular flexibility index (Phi) is 3.09. The van der Waals surface area contributed by atoms with E-state index in [0.717, 1.165) is 25.2 Å². The molecule has 2 aliphatic heterocycles. The van der Waals surface area contributed by atoms with Gasteiger partial charge in [0.2, 0.25) is 0 Å². The number of ether oxygens (including phenoxy) is 1. The molecule has 1 atom stereocenters. The molecule has 0 bridgehead atoms. The Morgan fingerprint density at radius 2 is 1.93 bits per heavy atom. The summed E-state index contributed by atoms with van der Waals surface area (Å²) in [6.45, 7) is 11.3. The molecule has 0 aromatic carbocycles. The van der Waals surface area contributed by atoms with Gasteiger partial charge in [-0.05, 0) is 39.0 Å². The Balaban J connectivity index is 2.07. The first-order chi connectivity index (χ1) is 7.05. The second-order valence-electron chi connectivity index (χ2n) is 6.04. The molecular weight excluding hydrogens is 186 g/mol. The maximum atomic E-state index is 5.45. The van der Waals surface area contributed by atoms with Gasteiger partial charge in [0, 0.05) is 12.1 Å². The second kappa shape index (κ2) is 4.06. The highest BCUT2D eigenvalue weighted by Crippen LogP contribution is 2.42. The van der Waals surface area contributed by atoms with Crippen molar-refractivity contribution in [3.8, 4) is 0 Å². The smallest absolute Gasteiger partial charge is 0.0683 e. The largest absolute Gasteiger partial charge is 0.377 e. The van der Waals surface area contributed by atoms with Crippen molar-refractivity contribution in [1.82, 2.24) is 4.90 Å². The van der Waals surface area contributed by atoms with Crippen molar-refractivity contribution in [1.29, 1.82) is 0 Å². The maximum absolute atomic E-state index is 5.45. The zero-order chi connectivity index (χ0) is 11.1. The molecule has 0 N–H and O–H groups in total. The van der Waals surface area contributed by atoms with Gasteiger partial charge in [-0.2, -0.15) is 0 Å². The third kappa shape index (κ3) is 1.94. The minimum atomic E-state index is 0.424. The van der Waals surface area contributed by atoms with Crippen molar-refractivity contribution in [3.63, 3.8) is 0 Å². The molecule has 0 radical (unpaired) electrons. The number of likely N-dealkylation sites (tertiary alicyclic amines) is 1. The summed E-state index contributed by atoms with van der Waals surface area (Å²) in [6, 6.07) is 1.47. The van der Waals surface area contributed by atoms with Gasteiger partial charge in [0.05, 0.1) is 18.8 Å². The SMILES string of the molecule is CC(C)CC1CCC2(COC2)N1C(C)C. The molecule has 2 heterocycles. The van der Waals surface area contributed by atoms with Crippen molar-refractivity contribution in [3.05, 3.63) is 0 Å². The zero-order valence-corrected chi connectivity index (χ0v) is 10.6. The minimum Gasteiger partial charge on any atom is -0.377 e. The topological polar surface area (TPSA) is 12.5 Å². The lowest BCUT2D eigenvalue weighted by molar-refractivity contribution is -0.141. The summed E-state index contributed by atoms with van der Waals surface area (Å²) in [5.74, 6) is 0.812. The molecule has 2 fully saturated rings. The van der Waals surface area contributed by atoms with E-state index in [1.165, 1.54) is 19.3 Å². The highest BCUT2D eigenvalue weighted by atomic mass is 16.5. The van der Waals surface area contributed by atoms with Gasteiger partial charge < -0.3 is 4.74 Å². The molecule has 0 aliphatic carbocycles. The Morgan fingerprint density at radius 3 is 2.33 bits per heavy atom. The quantitative estimate of drug-likeness (QED) is 0.711. The monoisotopic (exact) mass is 211 g/mol. The van der Waals surface area contributed by atoms with Gasteiger partial charge in [-0.3, -0.25) is 4.90 Å². The number of nitrogens with zero attached hydrogens (tertiary/aromatic N) is 1. The van der Waals surface area contributed by atoms with Gasteiger partial charge in [0.1, 0.15) is 0 Å². The molecule has 0 amide bonds. The fourth-order valence-corrected chi connectivity index (χ4v) is 3.47. The molecule has 0 aromatic rings. The third-order valence-corrected chi connectivity index (χ3v) is 3.93. The van der Waals surface area contributed by atoms with E-state index in [2.05, 4.69) is 32.6 Å². The van der Waals surface area contributed by atoms with Crippen LogP contribution in [0.1, 0.15) is 47.0 Å². The molecule has 15 heavy (non-hydrogen) atoms. The van der Waals surface area contributed by atoms with Crippen LogP contribution in [0.15, 0.2) is 0 Å². The molecule has 0 saturated carbocycles. The summed E-state index contributed by atoms with van der Waals surface area (Å²) in [6.07, 6.45) is 4.07. The lowest BCUT2D eigenvalue weighted by Gasteiger charge is -2.49. The highest BCUT2D eigenvalue weighted by Gasteiger charge is 2.51. The van der Waals surface area contributed by atoms with Gasteiger partial charge in [-0.25, -0.2) is 0 Å². The molecule has 1 spiro atoms. The van der Waals surface area contributed by atoms with Crippen LogP contribution in [0.5, 0.6) is 0 Å². The number of rotatable bonds is 3. The molecule has 0 aromatic heterocycles. The molecule has 1 unspecified atom stereocenters. The first-order valence-electron chi connectivity index (χ1n) is 6.41. The van der Waals surface area contributed by atoms with E-state index in [1.54, 1.807) is 0 Å². The van der Waals surface area contributed by atoms with Crippen LogP contribution < -0.4 is 0 Å². The van der Waals surface area contributed by atoms with Gasteiger partial charge >= 0.3 is 0 Å². The van der Waals surface area contributed by atoms with Crippen molar-refractivity contribution >= 4 is 0 Å². The van der Waals surface area contributed by atoms with E-state index >= 15 is 0 Å². The molecule has 2 saturated heterocycles. The maximum Gasteiger partial charge on any atom is 0.0683 e. The summed E-state index contributed by atoms with van der Waals surface area (Å²) in [4.78, 5) is 2.75. The molecule has 2 rings (SSSR count). The van der Waals surface area contributed by atoms with Crippen LogP contribution in [0.25, 0.3) is 0 Å². The second-order valence-corrected chi connectivity index (χ2v) is 6.04. The van der Waals surface area contributed by atoms with Gasteiger partial charge in [0.25, 0.3) is 0 Å². The number of hydrogen-bond acceptors (Lipinski definition) is 2. The summed E-state index contributed by atoms with van der Waals surface area (Å²) in [5.41, 5.74) is 0.424. The van der Waals surface area contributed by atoms with Crippen LogP contribution in [0, 0.1) is 5.92 Å². The average Bonchev–Trinajstić information content (AvgIpc) is 2.41. The summed E-state index contributed by atoms with van der Waals surface area (Å²) in [7, 11) is 0. The van der Waals surface area contributed by atoms with Gasteiger partial charge in [-0.1, -0.05) is 13.8 Å². The van der Waals surface area contributed by atoms with Crippen molar-refractivity contribution < 1.29 is 4.74 Å². The predicted molar refractivity (Wildman–Crippen MR) is 63.0 cm³/mol. The Morgan fingerprint density at radius 1 is 1.27 bits per heavy atom. The molecule has 2 nitrogen and oxygen atoms in total. The van der Waals surface area contributed by atoms with Crippen LogP contribution in [0.2, 0.25) is 0 Å². The van der Waals surface area contributed by atoms with Gasteiger partial charge in [0.15, 0.2) is 0 Å². The van der Waals surface area contributed by atoms with Gasteiger partial charge in [-0.15, -0.1) is 0 Å². The lowest BCUT2D eigenvalue weighted by Crippen LogP contribution is -2.62. The molecule has 88 valence electrons. The third-order valence-electron chi connectivity index (χ3n) is 3.93. The van der Waals surface area contributed by atoms with E-state index in [1.807, 2.05) is 0 Å². The Hall–Kier alpha value is -0.0800. The summed E-state index contributed by atoms with van der Waals surface area (Å²) >= 11 is 0. The van der Waals surface area contributed by atoms with Crippen LogP contribution in [-0.2, 0) is 4.74 Å². The van der Waals surface area contributed by atoms with E-state index < -0.39 is 0 Å². The molecule has 2 aliphatic rings. The molecular formula is C13H25NO. The fourth-order valence-electron chi connectivity index (χ4n) is 3.47. The first-order valence-corrected chi connectivity index (χ1v) is 6.41. The van der Waals surface area contributed by atoms with E-state index in [9.17, 15) is 0 Å². The predicted octanol–water partition coefficient (Wildman–Crippen LogP) is 2.67. The Labute approximate surface area is 94.0 Å². The van der Waals surface area contributed by atoms with Crippen molar-refractivity contribution in [2.75, 3.05) is 13.2 Å². The zero-order valence-electron chi connectivity index (χ0n) is 10.6. The normalized spacial score (nSPS) is 30.4. The lowest BCUT2D eigenvalue weighted by atomic mass is 9.93. The van der Waals surface area contributed by atoms with E-state index in [4.69, 9.17) is 4.74 Å². The van der Waals surface area contributed by atoms with Crippen molar-refractivity contribution in [2.24, 2.45) is 5.92 Å². The van der Waals surface area contributed by atoms with E-state index in [-0.39, 0.29) is 0 Å². The Bertz CT molecular complexity index is 221. The fraction of sp³-hybridized carbons (Fsp3) is 1.00. The summed E-state index contributed by atoms with van der Waals surface area (Å²) in [5, 5.41) is 0. The van der Waals surface area contributed by atoms with E-state index in [0.29, 0.717) is 11.6 Å². The van der Waals surface area contributed by atoms with Crippen LogP contribution >= 0.6 is 0 Å². The van der Waals surface area contributed by atoms with Crippen LogP contribution in [0.3, 0.4) is 0 Å².